The summed E-state index contributed by atoms with van der Waals surface area (Å²) >= 11 is 0. The zero-order chi connectivity index (χ0) is 22.0. The maximum Gasteiger partial charge on any atom is 0.465 e. The van der Waals surface area contributed by atoms with Crippen LogP contribution in [0.5, 0.6) is 5.75 Å². The molecule has 0 spiro atoms. The van der Waals surface area contributed by atoms with Crippen LogP contribution in [0.3, 0.4) is 0 Å². The van der Waals surface area contributed by atoms with Gasteiger partial charge < -0.3 is 10.1 Å². The van der Waals surface area contributed by atoms with Crippen molar-refractivity contribution in [1.82, 2.24) is 5.32 Å². The van der Waals surface area contributed by atoms with E-state index in [-0.39, 0.29) is 12.0 Å². The third kappa shape index (κ3) is 5.25. The van der Waals surface area contributed by atoms with Gasteiger partial charge in [-0.3, -0.25) is 4.79 Å². The van der Waals surface area contributed by atoms with Gasteiger partial charge in [-0.15, -0.1) is 0 Å². The van der Waals surface area contributed by atoms with E-state index >= 15 is 0 Å². The summed E-state index contributed by atoms with van der Waals surface area (Å²) in [4.78, 5) is 21.7. The van der Waals surface area contributed by atoms with Gasteiger partial charge in [0.15, 0.2) is 0 Å². The number of amides is 1. The molecule has 0 unspecified atom stereocenters. The first-order valence-corrected chi connectivity index (χ1v) is 6.98. The molecular formula is C14H9F10NO3. The van der Waals surface area contributed by atoms with Crippen molar-refractivity contribution in [1.29, 1.82) is 0 Å². The molecule has 1 rings (SSSR count). The summed E-state index contributed by atoms with van der Waals surface area (Å²) in [5.74, 6) is -17.5. The number of carbonyl (C=O) groups is 2. The molecule has 28 heavy (non-hydrogen) atoms. The first-order chi connectivity index (χ1) is 12.5. The molecule has 0 aromatic heterocycles. The molecule has 1 amide bonds. The van der Waals surface area contributed by atoms with Crippen molar-refractivity contribution < 1.29 is 58.2 Å². The number of ether oxygens (including phenoxy) is 1. The van der Waals surface area contributed by atoms with E-state index in [4.69, 9.17) is 0 Å². The van der Waals surface area contributed by atoms with Crippen LogP contribution in [-0.4, -0.2) is 42.6 Å². The summed E-state index contributed by atoms with van der Waals surface area (Å²) in [6.45, 7) is -0.671. The largest absolute Gasteiger partial charge is 0.465 e. The predicted octanol–water partition coefficient (Wildman–Crippen LogP) is 3.65. The van der Waals surface area contributed by atoms with Gasteiger partial charge in [0.1, 0.15) is 5.75 Å². The minimum atomic E-state index is -6.17. The molecule has 0 atom stereocenters. The van der Waals surface area contributed by atoms with E-state index in [9.17, 15) is 53.5 Å². The minimum absolute atomic E-state index is 0.151. The fourth-order valence-corrected chi connectivity index (χ4v) is 1.57. The molecule has 0 aliphatic carbocycles. The minimum Gasteiger partial charge on any atom is -0.422 e. The molecule has 0 bridgehead atoms. The topological polar surface area (TPSA) is 55.4 Å². The molecule has 1 N–H and O–H groups in total. The van der Waals surface area contributed by atoms with Crippen molar-refractivity contribution in [2.75, 3.05) is 6.54 Å². The summed E-state index contributed by atoms with van der Waals surface area (Å²) < 4.78 is 127. The second-order valence-electron chi connectivity index (χ2n) is 5.18. The lowest BCUT2D eigenvalue weighted by Crippen LogP contribution is -2.50. The summed E-state index contributed by atoms with van der Waals surface area (Å²) in [5.41, 5.74) is 0.151. The number of rotatable bonds is 6. The average molecular weight is 429 g/mol. The molecule has 0 aliphatic rings. The van der Waals surface area contributed by atoms with Gasteiger partial charge in [0.2, 0.25) is 0 Å². The number of hydrogen-bond donors (Lipinski definition) is 1. The highest BCUT2D eigenvalue weighted by molar-refractivity contribution is 5.84. The van der Waals surface area contributed by atoms with Crippen LogP contribution in [0.25, 0.3) is 0 Å². The first-order valence-electron chi connectivity index (χ1n) is 6.98. The lowest BCUT2D eigenvalue weighted by molar-refractivity contribution is -0.276. The molecule has 0 saturated carbocycles. The van der Waals surface area contributed by atoms with Gasteiger partial charge in [-0.2, -0.15) is 43.9 Å². The second kappa shape index (κ2) is 7.83. The Bertz CT molecular complexity index is 710. The summed E-state index contributed by atoms with van der Waals surface area (Å²) in [5, 5.41) is 1.34. The molecule has 0 saturated heterocycles. The molecule has 0 heterocycles. The molecule has 4 nitrogen and oxygen atoms in total. The standard InChI is InChI=1S/C14H9F10NO3/c15-11(16,13(19,20)21)9(26)25-6-5-7-1-3-8(4-2-7)28-10(27)12(17,18)14(22,23)24/h1-4H,5-6H2,(H,25,26). The summed E-state index contributed by atoms with van der Waals surface area (Å²) in [6, 6.07) is 3.57. The van der Waals surface area contributed by atoms with Crippen LogP contribution in [-0.2, 0) is 16.0 Å². The molecular weight excluding hydrogens is 420 g/mol. The van der Waals surface area contributed by atoms with Crippen molar-refractivity contribution in [2.45, 2.75) is 30.6 Å². The average Bonchev–Trinajstić information content (AvgIpc) is 2.54. The van der Waals surface area contributed by atoms with Gasteiger partial charge in [-0.1, -0.05) is 12.1 Å². The molecule has 14 heteroatoms. The zero-order valence-electron chi connectivity index (χ0n) is 13.2. The normalized spacial score (nSPS) is 13.2. The summed E-state index contributed by atoms with van der Waals surface area (Å²) in [6.07, 6.45) is -12.5. The predicted molar refractivity (Wildman–Crippen MR) is 70.8 cm³/mol. The highest BCUT2D eigenvalue weighted by atomic mass is 19.4. The van der Waals surface area contributed by atoms with E-state index in [2.05, 4.69) is 4.74 Å². The Morgan fingerprint density at radius 1 is 0.786 bits per heavy atom. The van der Waals surface area contributed by atoms with Gasteiger partial charge in [0.25, 0.3) is 5.91 Å². The highest BCUT2D eigenvalue weighted by Gasteiger charge is 2.65. The van der Waals surface area contributed by atoms with Crippen LogP contribution in [0, 0.1) is 0 Å². The number of hydrogen-bond acceptors (Lipinski definition) is 3. The van der Waals surface area contributed by atoms with Crippen LogP contribution in [0.2, 0.25) is 0 Å². The number of alkyl halides is 10. The zero-order valence-corrected chi connectivity index (χ0v) is 13.2. The SMILES string of the molecule is O=C(NCCc1ccc(OC(=O)C(F)(F)C(F)(F)F)cc1)C(F)(F)C(F)(F)F. The number of esters is 1. The molecule has 1 aromatic rings. The first kappa shape index (κ1) is 23.5. The van der Waals surface area contributed by atoms with Crippen molar-refractivity contribution in [3.63, 3.8) is 0 Å². The van der Waals surface area contributed by atoms with Crippen LogP contribution in [0.15, 0.2) is 24.3 Å². The van der Waals surface area contributed by atoms with E-state index in [1.165, 1.54) is 5.32 Å². The monoisotopic (exact) mass is 429 g/mol. The number of nitrogens with one attached hydrogen (secondary N) is 1. The molecule has 1 aromatic carbocycles. The van der Waals surface area contributed by atoms with E-state index in [0.29, 0.717) is 0 Å². The fraction of sp³-hybridized carbons (Fsp3) is 0.429. The van der Waals surface area contributed by atoms with Gasteiger partial charge in [-0.25, -0.2) is 4.79 Å². The van der Waals surface area contributed by atoms with Gasteiger partial charge in [0, 0.05) is 6.54 Å². The number of halogens is 10. The Morgan fingerprint density at radius 3 is 1.68 bits per heavy atom. The van der Waals surface area contributed by atoms with Gasteiger partial charge >= 0.3 is 30.2 Å². The van der Waals surface area contributed by atoms with E-state index < -0.39 is 48.4 Å². The summed E-state index contributed by atoms with van der Waals surface area (Å²) in [7, 11) is 0. The van der Waals surface area contributed by atoms with Crippen LogP contribution in [0.1, 0.15) is 5.56 Å². The fourth-order valence-electron chi connectivity index (χ4n) is 1.57. The Morgan fingerprint density at radius 2 is 1.25 bits per heavy atom. The molecule has 0 fully saturated rings. The van der Waals surface area contributed by atoms with Crippen molar-refractivity contribution in [3.05, 3.63) is 29.8 Å². The van der Waals surface area contributed by atoms with Gasteiger partial charge in [-0.05, 0) is 24.1 Å². The third-order valence-corrected chi connectivity index (χ3v) is 3.09. The second-order valence-corrected chi connectivity index (χ2v) is 5.18. The Labute approximate surface area is 149 Å². The van der Waals surface area contributed by atoms with E-state index in [1.54, 1.807) is 0 Å². The smallest absolute Gasteiger partial charge is 0.422 e. The Balaban J connectivity index is 2.63. The lowest BCUT2D eigenvalue weighted by atomic mass is 10.1. The van der Waals surface area contributed by atoms with E-state index in [1.807, 2.05) is 0 Å². The maximum atomic E-state index is 12.7. The number of benzene rings is 1. The lowest BCUT2D eigenvalue weighted by Gasteiger charge is -2.18. The van der Waals surface area contributed by atoms with E-state index in [0.717, 1.165) is 24.3 Å². The Kier molecular flexibility index (Phi) is 6.57. The third-order valence-electron chi connectivity index (χ3n) is 3.09. The molecule has 158 valence electrons. The van der Waals surface area contributed by atoms with Crippen molar-refractivity contribution >= 4 is 11.9 Å². The van der Waals surface area contributed by atoms with Crippen molar-refractivity contribution in [2.24, 2.45) is 0 Å². The molecule has 0 aliphatic heterocycles. The van der Waals surface area contributed by atoms with Crippen LogP contribution in [0.4, 0.5) is 43.9 Å². The Hall–Kier alpha value is -2.54. The number of carbonyl (C=O) groups excluding carboxylic acids is 2. The van der Waals surface area contributed by atoms with Gasteiger partial charge in [0.05, 0.1) is 0 Å². The van der Waals surface area contributed by atoms with Crippen molar-refractivity contribution in [3.8, 4) is 5.75 Å². The van der Waals surface area contributed by atoms with Crippen LogP contribution < -0.4 is 10.1 Å². The van der Waals surface area contributed by atoms with Crippen LogP contribution >= 0.6 is 0 Å². The highest BCUT2D eigenvalue weighted by Crippen LogP contribution is 2.37. The maximum absolute atomic E-state index is 12.7. The molecule has 0 radical (unpaired) electrons. The quantitative estimate of drug-likeness (QED) is 0.427.